The van der Waals surface area contributed by atoms with E-state index in [2.05, 4.69) is 336 Å². The molecule has 0 fully saturated rings. The summed E-state index contributed by atoms with van der Waals surface area (Å²) in [5.74, 6) is 0. The third-order valence-electron chi connectivity index (χ3n) is 17.2. The van der Waals surface area contributed by atoms with Crippen molar-refractivity contribution in [3.05, 3.63) is 344 Å². The molecule has 82 heavy (non-hydrogen) atoms. The van der Waals surface area contributed by atoms with Gasteiger partial charge in [-0.15, -0.1) is 0 Å². The zero-order valence-corrected chi connectivity index (χ0v) is 44.9. The number of fused-ring (bicyclic) bond motifs is 9. The average Bonchev–Trinajstić information content (AvgIpc) is 3.19. The Bertz CT molecular complexity index is 4750. The lowest BCUT2D eigenvalue weighted by atomic mass is 9.68. The molecule has 13 aromatic carbocycles. The highest BCUT2D eigenvalue weighted by Crippen LogP contribution is 2.59. The lowest BCUT2D eigenvalue weighted by Gasteiger charge is -2.34. The first-order valence-corrected chi connectivity index (χ1v) is 28.3. The van der Waals surface area contributed by atoms with E-state index < -0.39 is 5.41 Å². The van der Waals surface area contributed by atoms with Gasteiger partial charge in [-0.1, -0.05) is 255 Å². The Balaban J connectivity index is 0.829. The number of hydrogen-bond acceptors (Lipinski definition) is 1. The molecule has 2 aromatic heterocycles. The molecule has 15 aromatic rings. The number of para-hydroxylation sites is 6. The third kappa shape index (κ3) is 7.30. The number of anilines is 3. The number of nitrogens with zero attached hydrogens (tertiary/aromatic N) is 3. The van der Waals surface area contributed by atoms with E-state index in [-0.39, 0.29) is 0 Å². The van der Waals surface area contributed by atoms with Crippen LogP contribution in [0.2, 0.25) is 0 Å². The molecule has 0 saturated carbocycles. The van der Waals surface area contributed by atoms with Crippen molar-refractivity contribution in [2.45, 2.75) is 5.41 Å². The zero-order chi connectivity index (χ0) is 54.1. The summed E-state index contributed by atoms with van der Waals surface area (Å²) < 4.78 is 4.85. The van der Waals surface area contributed by atoms with Crippen molar-refractivity contribution >= 4 is 60.7 Å². The van der Waals surface area contributed by atoms with Crippen LogP contribution in [0.3, 0.4) is 0 Å². The Morgan fingerprint density at radius 2 is 0.585 bits per heavy atom. The molecule has 0 bridgehead atoms. The average molecular weight is 1040 g/mol. The quantitative estimate of drug-likeness (QED) is 0.133. The molecule has 0 radical (unpaired) electrons. The monoisotopic (exact) mass is 1040 g/mol. The first kappa shape index (κ1) is 47.3. The van der Waals surface area contributed by atoms with Gasteiger partial charge in [-0.2, -0.15) is 0 Å². The first-order valence-electron chi connectivity index (χ1n) is 28.3. The topological polar surface area (TPSA) is 13.1 Å². The fourth-order valence-corrected chi connectivity index (χ4v) is 13.7. The lowest BCUT2D eigenvalue weighted by Crippen LogP contribution is -2.28. The number of aromatic nitrogens is 2. The highest BCUT2D eigenvalue weighted by molar-refractivity contribution is 6.11. The molecule has 0 aliphatic heterocycles. The normalized spacial score (nSPS) is 12.5. The molecule has 16 rings (SSSR count). The summed E-state index contributed by atoms with van der Waals surface area (Å²) in [7, 11) is 0. The van der Waals surface area contributed by atoms with Crippen LogP contribution in [-0.4, -0.2) is 9.13 Å². The van der Waals surface area contributed by atoms with Gasteiger partial charge in [0.2, 0.25) is 0 Å². The second kappa shape index (κ2) is 19.3. The lowest BCUT2D eigenvalue weighted by molar-refractivity contribution is 0.768. The van der Waals surface area contributed by atoms with Gasteiger partial charge in [-0.05, 0) is 117 Å². The molecular formula is C79H53N3. The summed E-state index contributed by atoms with van der Waals surface area (Å²) in [6.07, 6.45) is 0. The van der Waals surface area contributed by atoms with Gasteiger partial charge in [0.05, 0.1) is 44.5 Å². The highest BCUT2D eigenvalue weighted by Gasteiger charge is 2.47. The minimum Gasteiger partial charge on any atom is -0.310 e. The van der Waals surface area contributed by atoms with E-state index in [1.165, 1.54) is 93.7 Å². The molecule has 3 nitrogen and oxygen atoms in total. The van der Waals surface area contributed by atoms with Crippen LogP contribution in [0.1, 0.15) is 22.3 Å². The van der Waals surface area contributed by atoms with Crippen LogP contribution >= 0.6 is 0 Å². The zero-order valence-electron chi connectivity index (χ0n) is 44.9. The standard InChI is InChI=1S/C79H53N3/c1-3-22-58(23-4-1)79(59-24-5-2-6-25-59)69-33-14-7-32-68(69)78-70(79)34-21-41-77(78)80(61-52-48-57(49-53-61)63-27-9-16-36-72(63)82-75-39-19-12-30-66(75)67-31-13-20-40-76(67)82)60-50-46-55(47-51-60)54-42-44-56(45-43-54)62-26-8-15-35-71(62)81-73-37-17-10-28-64(73)65-29-11-18-38-74(65)81/h1-53H. The summed E-state index contributed by atoms with van der Waals surface area (Å²) in [6, 6.07) is 118. The van der Waals surface area contributed by atoms with Gasteiger partial charge in [0, 0.05) is 49.6 Å². The van der Waals surface area contributed by atoms with Crippen molar-refractivity contribution < 1.29 is 0 Å². The Hall–Kier alpha value is -10.7. The van der Waals surface area contributed by atoms with Gasteiger partial charge >= 0.3 is 0 Å². The van der Waals surface area contributed by atoms with Crippen LogP contribution in [0.4, 0.5) is 17.1 Å². The maximum atomic E-state index is 2.47. The van der Waals surface area contributed by atoms with E-state index in [9.17, 15) is 0 Å². The summed E-state index contributed by atoms with van der Waals surface area (Å²) >= 11 is 0. The van der Waals surface area contributed by atoms with Gasteiger partial charge in [-0.3, -0.25) is 0 Å². The van der Waals surface area contributed by atoms with Gasteiger partial charge in [0.1, 0.15) is 0 Å². The van der Waals surface area contributed by atoms with Gasteiger partial charge in [0.25, 0.3) is 0 Å². The van der Waals surface area contributed by atoms with Crippen molar-refractivity contribution in [3.63, 3.8) is 0 Å². The Kier molecular flexibility index (Phi) is 11.1. The number of rotatable bonds is 10. The Labute approximate surface area is 477 Å². The van der Waals surface area contributed by atoms with E-state index in [1.54, 1.807) is 0 Å². The minimum atomic E-state index is -0.545. The molecule has 2 heterocycles. The smallest absolute Gasteiger partial charge is 0.0714 e. The predicted octanol–water partition coefficient (Wildman–Crippen LogP) is 20.7. The molecule has 0 N–H and O–H groups in total. The van der Waals surface area contributed by atoms with Crippen LogP contribution in [0.15, 0.2) is 322 Å². The molecule has 1 aliphatic rings. The fourth-order valence-electron chi connectivity index (χ4n) is 13.7. The molecule has 384 valence electrons. The SMILES string of the molecule is c1ccc(C2(c3ccccc3)c3ccccc3-c3c(N(c4ccc(-c5ccc(-c6ccccc6-n6c7ccccc7c7ccccc76)cc5)cc4)c4ccc(-c5ccccc5-n5c6ccccc6c6ccccc65)cc4)cccc32)cc1. The molecule has 0 unspecified atom stereocenters. The van der Waals surface area contributed by atoms with E-state index in [1.807, 2.05) is 0 Å². The van der Waals surface area contributed by atoms with Crippen LogP contribution in [0.5, 0.6) is 0 Å². The predicted molar refractivity (Wildman–Crippen MR) is 343 cm³/mol. The second-order valence-electron chi connectivity index (χ2n) is 21.5. The summed E-state index contributed by atoms with van der Waals surface area (Å²) in [5, 5.41) is 5.02. The largest absolute Gasteiger partial charge is 0.310 e. The first-order chi connectivity index (χ1) is 40.7. The van der Waals surface area contributed by atoms with Crippen molar-refractivity contribution in [1.29, 1.82) is 0 Å². The molecule has 0 spiro atoms. The molecular weight excluding hydrogens is 991 g/mol. The van der Waals surface area contributed by atoms with E-state index >= 15 is 0 Å². The van der Waals surface area contributed by atoms with Gasteiger partial charge in [-0.25, -0.2) is 0 Å². The van der Waals surface area contributed by atoms with Gasteiger partial charge in [0.15, 0.2) is 0 Å². The number of hydrogen-bond donors (Lipinski definition) is 0. The van der Waals surface area contributed by atoms with Crippen molar-refractivity contribution in [2.75, 3.05) is 4.90 Å². The summed E-state index contributed by atoms with van der Waals surface area (Å²) in [5.41, 5.74) is 24.3. The van der Waals surface area contributed by atoms with Crippen LogP contribution in [0.25, 0.3) is 99.5 Å². The molecule has 3 heteroatoms. The summed E-state index contributed by atoms with van der Waals surface area (Å²) in [6.45, 7) is 0. The number of benzene rings is 13. The third-order valence-corrected chi connectivity index (χ3v) is 17.2. The highest BCUT2D eigenvalue weighted by atomic mass is 15.1. The molecule has 0 atom stereocenters. The van der Waals surface area contributed by atoms with E-state index in [0.717, 1.165) is 45.1 Å². The maximum Gasteiger partial charge on any atom is 0.0714 e. The van der Waals surface area contributed by atoms with Gasteiger partial charge < -0.3 is 14.0 Å². The van der Waals surface area contributed by atoms with E-state index in [0.29, 0.717) is 0 Å². The van der Waals surface area contributed by atoms with Crippen LogP contribution < -0.4 is 4.90 Å². The molecule has 0 saturated heterocycles. The van der Waals surface area contributed by atoms with Crippen molar-refractivity contribution in [3.8, 4) is 55.9 Å². The second-order valence-corrected chi connectivity index (χ2v) is 21.5. The summed E-state index contributed by atoms with van der Waals surface area (Å²) in [4.78, 5) is 2.47. The molecule has 1 aliphatic carbocycles. The van der Waals surface area contributed by atoms with Crippen molar-refractivity contribution in [2.24, 2.45) is 0 Å². The fraction of sp³-hybridized carbons (Fsp3) is 0.0127. The Morgan fingerprint density at radius 1 is 0.244 bits per heavy atom. The maximum absolute atomic E-state index is 2.47. The Morgan fingerprint density at radius 3 is 1.05 bits per heavy atom. The van der Waals surface area contributed by atoms with E-state index in [4.69, 9.17) is 0 Å². The molecule has 0 amide bonds. The van der Waals surface area contributed by atoms with Crippen LogP contribution in [-0.2, 0) is 5.41 Å². The van der Waals surface area contributed by atoms with Crippen molar-refractivity contribution in [1.82, 2.24) is 9.13 Å². The minimum absolute atomic E-state index is 0.545. The van der Waals surface area contributed by atoms with Crippen LogP contribution in [0, 0.1) is 0 Å².